The van der Waals surface area contributed by atoms with Crippen LogP contribution in [0.1, 0.15) is 37.1 Å². The summed E-state index contributed by atoms with van der Waals surface area (Å²) in [5, 5.41) is 2.92. The van der Waals surface area contributed by atoms with Crippen LogP contribution in [0.2, 0.25) is 0 Å². The molecule has 0 bridgehead atoms. The summed E-state index contributed by atoms with van der Waals surface area (Å²) in [5.74, 6) is 0.554. The van der Waals surface area contributed by atoms with Crippen LogP contribution < -0.4 is 5.32 Å². The molecule has 1 N–H and O–H groups in total. The van der Waals surface area contributed by atoms with Crippen LogP contribution in [0.3, 0.4) is 0 Å². The first kappa shape index (κ1) is 18.6. The number of hydrogen-bond donors (Lipinski definition) is 1. The third-order valence-electron chi connectivity index (χ3n) is 5.17. The molecule has 28 heavy (non-hydrogen) atoms. The summed E-state index contributed by atoms with van der Waals surface area (Å²) < 4.78 is 29.1. The number of halogens is 2. The molecule has 0 spiro atoms. The fourth-order valence-corrected chi connectivity index (χ4v) is 3.46. The second kappa shape index (κ2) is 8.09. The zero-order valence-corrected chi connectivity index (χ0v) is 15.6. The lowest BCUT2D eigenvalue weighted by molar-refractivity contribution is -0.121. The van der Waals surface area contributed by atoms with Crippen LogP contribution in [0.15, 0.2) is 42.5 Å². The van der Waals surface area contributed by atoms with Crippen molar-refractivity contribution in [2.75, 3.05) is 0 Å². The van der Waals surface area contributed by atoms with E-state index in [0.717, 1.165) is 35.5 Å². The van der Waals surface area contributed by atoms with Crippen molar-refractivity contribution in [2.45, 2.75) is 45.2 Å². The topological polar surface area (TPSA) is 46.9 Å². The molecule has 0 aliphatic heterocycles. The minimum absolute atomic E-state index is 0.109. The van der Waals surface area contributed by atoms with E-state index in [2.05, 4.69) is 20.9 Å². The number of nitrogens with one attached hydrogen (secondary N) is 1. The molecule has 1 saturated carbocycles. The van der Waals surface area contributed by atoms with Gasteiger partial charge in [-0.1, -0.05) is 12.1 Å². The number of aromatic nitrogens is 2. The number of aryl methyl sites for hydroxylation is 1. The molecule has 6 heteroatoms. The van der Waals surface area contributed by atoms with Crippen molar-refractivity contribution in [2.24, 2.45) is 5.92 Å². The van der Waals surface area contributed by atoms with Gasteiger partial charge in [-0.25, -0.2) is 13.8 Å². The van der Waals surface area contributed by atoms with Gasteiger partial charge in [0, 0.05) is 13.0 Å². The van der Waals surface area contributed by atoms with Crippen LogP contribution in [0, 0.1) is 17.6 Å². The molecule has 0 unspecified atom stereocenters. The number of benzene rings is 2. The normalized spacial score (nSPS) is 13.8. The van der Waals surface area contributed by atoms with E-state index in [9.17, 15) is 13.6 Å². The van der Waals surface area contributed by atoms with Crippen molar-refractivity contribution in [3.8, 4) is 0 Å². The Kier molecular flexibility index (Phi) is 5.37. The van der Waals surface area contributed by atoms with Crippen molar-refractivity contribution >= 4 is 16.9 Å². The van der Waals surface area contributed by atoms with Gasteiger partial charge in [-0.15, -0.1) is 0 Å². The Morgan fingerprint density at radius 1 is 1.18 bits per heavy atom. The van der Waals surface area contributed by atoms with Gasteiger partial charge in [-0.05, 0) is 67.5 Å². The Bertz CT molecular complexity index is 995. The van der Waals surface area contributed by atoms with Crippen LogP contribution in [-0.4, -0.2) is 15.5 Å². The number of amides is 1. The summed E-state index contributed by atoms with van der Waals surface area (Å²) in [6.45, 7) is 1.30. The third kappa shape index (κ3) is 4.38. The van der Waals surface area contributed by atoms with E-state index in [1.165, 1.54) is 18.9 Å². The van der Waals surface area contributed by atoms with Gasteiger partial charge in [0.1, 0.15) is 17.5 Å². The third-order valence-corrected chi connectivity index (χ3v) is 5.17. The summed E-state index contributed by atoms with van der Waals surface area (Å²) in [6, 6.07) is 11.4. The van der Waals surface area contributed by atoms with E-state index in [0.29, 0.717) is 30.9 Å². The second-order valence-electron chi connectivity index (χ2n) is 7.44. The van der Waals surface area contributed by atoms with Crippen molar-refractivity contribution in [1.29, 1.82) is 0 Å². The number of carbonyl (C=O) groups excluding carboxylic acids is 1. The Hall–Kier alpha value is -2.76. The average molecular weight is 383 g/mol. The Morgan fingerprint density at radius 2 is 2.00 bits per heavy atom. The van der Waals surface area contributed by atoms with E-state index in [4.69, 9.17) is 0 Å². The van der Waals surface area contributed by atoms with E-state index in [1.807, 2.05) is 18.2 Å². The van der Waals surface area contributed by atoms with Gasteiger partial charge in [-0.2, -0.15) is 0 Å². The second-order valence-corrected chi connectivity index (χ2v) is 7.44. The zero-order valence-electron chi connectivity index (χ0n) is 15.6. The average Bonchev–Trinajstić information content (AvgIpc) is 3.44. The maximum absolute atomic E-state index is 13.6. The molecule has 1 aromatic heterocycles. The number of carbonyl (C=O) groups is 1. The van der Waals surface area contributed by atoms with Gasteiger partial charge in [0.15, 0.2) is 0 Å². The molecule has 146 valence electrons. The Morgan fingerprint density at radius 3 is 2.82 bits per heavy atom. The number of hydrogen-bond acceptors (Lipinski definition) is 2. The van der Waals surface area contributed by atoms with Crippen LogP contribution in [0.4, 0.5) is 8.78 Å². The molecule has 1 fully saturated rings. The summed E-state index contributed by atoms with van der Waals surface area (Å²) in [7, 11) is 0. The highest BCUT2D eigenvalue weighted by molar-refractivity contribution is 5.77. The minimum atomic E-state index is -0.463. The number of rotatable bonds is 8. The van der Waals surface area contributed by atoms with E-state index >= 15 is 0 Å². The smallest absolute Gasteiger partial charge is 0.220 e. The molecular formula is C22H23F2N3O. The monoisotopic (exact) mass is 383 g/mol. The molecule has 0 saturated heterocycles. The molecule has 1 amide bonds. The van der Waals surface area contributed by atoms with E-state index in [1.54, 1.807) is 0 Å². The molecule has 4 nitrogen and oxygen atoms in total. The lowest BCUT2D eigenvalue weighted by Gasteiger charge is -2.10. The lowest BCUT2D eigenvalue weighted by Crippen LogP contribution is -2.24. The summed E-state index contributed by atoms with van der Waals surface area (Å²) in [4.78, 5) is 16.9. The molecule has 0 radical (unpaired) electrons. The summed E-state index contributed by atoms with van der Waals surface area (Å²) in [6.07, 6.45) is 3.55. The van der Waals surface area contributed by atoms with Crippen LogP contribution in [-0.2, 0) is 24.3 Å². The first-order valence-electron chi connectivity index (χ1n) is 9.75. The molecule has 1 heterocycles. The molecule has 2 aromatic carbocycles. The molecule has 1 aliphatic rings. The fourth-order valence-electron chi connectivity index (χ4n) is 3.46. The molecule has 4 rings (SSSR count). The fraction of sp³-hybridized carbons (Fsp3) is 0.364. The molecule has 3 aromatic rings. The SMILES string of the molecule is O=C(CCCc1cc(F)ccc1F)NCc1nc2ccccc2n1CC1CC1. The van der Waals surface area contributed by atoms with Crippen LogP contribution in [0.5, 0.6) is 0 Å². The van der Waals surface area contributed by atoms with Gasteiger partial charge in [-0.3, -0.25) is 4.79 Å². The Balaban J connectivity index is 1.34. The summed E-state index contributed by atoms with van der Waals surface area (Å²) >= 11 is 0. The maximum atomic E-state index is 13.6. The lowest BCUT2D eigenvalue weighted by atomic mass is 10.1. The molecule has 0 atom stereocenters. The number of nitrogens with zero attached hydrogens (tertiary/aromatic N) is 2. The Labute approximate surface area is 162 Å². The number of imidazole rings is 1. The first-order valence-corrected chi connectivity index (χ1v) is 9.75. The van der Waals surface area contributed by atoms with Gasteiger partial charge < -0.3 is 9.88 Å². The molecular weight excluding hydrogens is 360 g/mol. The highest BCUT2D eigenvalue weighted by Crippen LogP contribution is 2.32. The van der Waals surface area contributed by atoms with Gasteiger partial charge in [0.05, 0.1) is 17.6 Å². The number of para-hydroxylation sites is 2. The van der Waals surface area contributed by atoms with Gasteiger partial charge in [0.25, 0.3) is 0 Å². The standard InChI is InChI=1S/C22H23F2N3O/c23-17-10-11-18(24)16(12-17)4-3-7-22(28)25-13-21-26-19-5-1-2-6-20(19)27(21)14-15-8-9-15/h1-2,5-6,10-12,15H,3-4,7-9,13-14H2,(H,25,28). The van der Waals surface area contributed by atoms with Crippen molar-refractivity contribution in [3.63, 3.8) is 0 Å². The predicted octanol–water partition coefficient (Wildman–Crippen LogP) is 4.36. The van der Waals surface area contributed by atoms with Crippen molar-refractivity contribution in [1.82, 2.24) is 14.9 Å². The van der Waals surface area contributed by atoms with Crippen LogP contribution >= 0.6 is 0 Å². The quantitative estimate of drug-likeness (QED) is 0.628. The largest absolute Gasteiger partial charge is 0.349 e. The van der Waals surface area contributed by atoms with Crippen molar-refractivity contribution < 1.29 is 13.6 Å². The van der Waals surface area contributed by atoms with E-state index in [-0.39, 0.29) is 12.3 Å². The highest BCUT2D eigenvalue weighted by Gasteiger charge is 2.24. The predicted molar refractivity (Wildman–Crippen MR) is 104 cm³/mol. The molecule has 1 aliphatic carbocycles. The van der Waals surface area contributed by atoms with Gasteiger partial charge in [0.2, 0.25) is 5.91 Å². The number of fused-ring (bicyclic) bond motifs is 1. The highest BCUT2D eigenvalue weighted by atomic mass is 19.1. The summed E-state index contributed by atoms with van der Waals surface area (Å²) in [5.41, 5.74) is 2.34. The van der Waals surface area contributed by atoms with Crippen molar-refractivity contribution in [3.05, 3.63) is 65.5 Å². The zero-order chi connectivity index (χ0) is 19.5. The first-order chi connectivity index (χ1) is 13.6. The van der Waals surface area contributed by atoms with Gasteiger partial charge >= 0.3 is 0 Å². The van der Waals surface area contributed by atoms with Crippen LogP contribution in [0.25, 0.3) is 11.0 Å². The van der Waals surface area contributed by atoms with E-state index < -0.39 is 11.6 Å². The minimum Gasteiger partial charge on any atom is -0.349 e. The maximum Gasteiger partial charge on any atom is 0.220 e.